The molecule has 0 saturated heterocycles. The van der Waals surface area contributed by atoms with Crippen molar-refractivity contribution in [1.29, 1.82) is 0 Å². The summed E-state index contributed by atoms with van der Waals surface area (Å²) in [5.74, 6) is 0.912. The molecule has 2 amide bonds. The lowest BCUT2D eigenvalue weighted by atomic mass is 10.1. The van der Waals surface area contributed by atoms with Crippen LogP contribution in [0, 0.1) is 0 Å². The molecular weight excluding hydrogens is 348 g/mol. The minimum Gasteiger partial charge on any atom is -0.493 e. The molecule has 27 heavy (non-hydrogen) atoms. The molecule has 1 saturated carbocycles. The average molecular weight is 370 g/mol. The first kappa shape index (κ1) is 18.6. The Kier molecular flexibility index (Phi) is 5.49. The zero-order chi connectivity index (χ0) is 19.4. The first-order chi connectivity index (χ1) is 13.0. The van der Waals surface area contributed by atoms with Gasteiger partial charge in [-0.2, -0.15) is 0 Å². The van der Waals surface area contributed by atoms with Gasteiger partial charge in [0.25, 0.3) is 11.8 Å². The zero-order valence-electron chi connectivity index (χ0n) is 15.5. The summed E-state index contributed by atoms with van der Waals surface area (Å²) in [6, 6.07) is 10.1. The maximum absolute atomic E-state index is 12.5. The third kappa shape index (κ3) is 4.31. The van der Waals surface area contributed by atoms with Gasteiger partial charge < -0.3 is 24.8 Å². The second kappa shape index (κ2) is 7.99. The van der Waals surface area contributed by atoms with Crippen LogP contribution < -0.4 is 24.8 Å². The molecule has 3 rings (SSSR count). The maximum Gasteiger partial charge on any atom is 0.255 e. The molecule has 142 valence electrons. The van der Waals surface area contributed by atoms with Gasteiger partial charge in [-0.3, -0.25) is 9.59 Å². The number of anilines is 1. The molecule has 7 nitrogen and oxygen atoms in total. The number of hydrogen-bond donors (Lipinski definition) is 2. The predicted molar refractivity (Wildman–Crippen MR) is 101 cm³/mol. The number of benzene rings is 2. The van der Waals surface area contributed by atoms with Crippen LogP contribution in [0.1, 0.15) is 33.6 Å². The van der Waals surface area contributed by atoms with E-state index in [9.17, 15) is 9.59 Å². The fourth-order valence-electron chi connectivity index (χ4n) is 2.63. The maximum atomic E-state index is 12.5. The molecule has 2 aromatic carbocycles. The second-order valence-electron chi connectivity index (χ2n) is 6.19. The Morgan fingerprint density at radius 3 is 1.81 bits per heavy atom. The molecule has 0 bridgehead atoms. The van der Waals surface area contributed by atoms with Gasteiger partial charge in [0.2, 0.25) is 5.75 Å². The summed E-state index contributed by atoms with van der Waals surface area (Å²) in [5.41, 5.74) is 1.48. The SMILES string of the molecule is COc1cc(NC(=O)c2ccc(C(=O)NC3CC3)cc2)cc(OC)c1OC. The smallest absolute Gasteiger partial charge is 0.255 e. The van der Waals surface area contributed by atoms with Crippen LogP contribution in [0.2, 0.25) is 0 Å². The highest BCUT2D eigenvalue weighted by molar-refractivity contribution is 6.05. The van der Waals surface area contributed by atoms with Crippen LogP contribution in [-0.4, -0.2) is 39.2 Å². The Bertz CT molecular complexity index is 819. The Balaban J connectivity index is 1.73. The van der Waals surface area contributed by atoms with Gasteiger partial charge in [0.15, 0.2) is 11.5 Å². The molecular formula is C20H22N2O5. The van der Waals surface area contributed by atoms with Crippen molar-refractivity contribution in [2.45, 2.75) is 18.9 Å². The number of carbonyl (C=O) groups excluding carboxylic acids is 2. The minimum absolute atomic E-state index is 0.117. The normalized spacial score (nSPS) is 12.9. The number of rotatable bonds is 7. The molecule has 0 atom stereocenters. The van der Waals surface area contributed by atoms with E-state index in [1.165, 1.54) is 21.3 Å². The number of amides is 2. The van der Waals surface area contributed by atoms with Crippen LogP contribution in [0.3, 0.4) is 0 Å². The van der Waals surface area contributed by atoms with Crippen LogP contribution in [-0.2, 0) is 0 Å². The first-order valence-corrected chi connectivity index (χ1v) is 8.58. The fraction of sp³-hybridized carbons (Fsp3) is 0.300. The van der Waals surface area contributed by atoms with E-state index < -0.39 is 0 Å². The highest BCUT2D eigenvalue weighted by Crippen LogP contribution is 2.40. The molecule has 1 fully saturated rings. The lowest BCUT2D eigenvalue weighted by Crippen LogP contribution is -2.25. The van der Waals surface area contributed by atoms with Gasteiger partial charge in [0.05, 0.1) is 21.3 Å². The number of ether oxygens (including phenoxy) is 3. The van der Waals surface area contributed by atoms with Gasteiger partial charge in [-0.05, 0) is 37.1 Å². The van der Waals surface area contributed by atoms with Gasteiger partial charge in [0.1, 0.15) is 0 Å². The number of hydrogen-bond acceptors (Lipinski definition) is 5. The van der Waals surface area contributed by atoms with Gasteiger partial charge >= 0.3 is 0 Å². The molecule has 2 aromatic rings. The summed E-state index contributed by atoms with van der Waals surface area (Å²) in [5, 5.41) is 5.71. The summed E-state index contributed by atoms with van der Waals surface area (Å²) >= 11 is 0. The molecule has 0 heterocycles. The van der Waals surface area contributed by atoms with E-state index in [2.05, 4.69) is 10.6 Å². The van der Waals surface area contributed by atoms with Crippen molar-refractivity contribution >= 4 is 17.5 Å². The molecule has 0 radical (unpaired) electrons. The third-order valence-electron chi connectivity index (χ3n) is 4.24. The van der Waals surface area contributed by atoms with Crippen LogP contribution in [0.15, 0.2) is 36.4 Å². The Morgan fingerprint density at radius 1 is 0.852 bits per heavy atom. The predicted octanol–water partition coefficient (Wildman–Crippen LogP) is 2.86. The van der Waals surface area contributed by atoms with Crippen molar-refractivity contribution in [2.75, 3.05) is 26.6 Å². The Morgan fingerprint density at radius 2 is 1.37 bits per heavy atom. The first-order valence-electron chi connectivity index (χ1n) is 8.58. The monoisotopic (exact) mass is 370 g/mol. The summed E-state index contributed by atoms with van der Waals surface area (Å²) in [7, 11) is 4.53. The molecule has 2 N–H and O–H groups in total. The van der Waals surface area contributed by atoms with Crippen molar-refractivity contribution in [1.82, 2.24) is 5.32 Å². The molecule has 1 aliphatic carbocycles. The Labute approximate surface area is 157 Å². The molecule has 0 aliphatic heterocycles. The van der Waals surface area contributed by atoms with Crippen molar-refractivity contribution in [2.24, 2.45) is 0 Å². The summed E-state index contributed by atoms with van der Waals surface area (Å²) in [6.07, 6.45) is 2.06. The summed E-state index contributed by atoms with van der Waals surface area (Å²) in [6.45, 7) is 0. The van der Waals surface area contributed by atoms with E-state index in [4.69, 9.17) is 14.2 Å². The Hall–Kier alpha value is -3.22. The van der Waals surface area contributed by atoms with E-state index in [-0.39, 0.29) is 11.8 Å². The highest BCUT2D eigenvalue weighted by Gasteiger charge is 2.23. The van der Waals surface area contributed by atoms with Crippen molar-refractivity contribution in [3.8, 4) is 17.2 Å². The van der Waals surface area contributed by atoms with Crippen LogP contribution in [0.25, 0.3) is 0 Å². The molecule has 0 aromatic heterocycles. The number of nitrogens with one attached hydrogen (secondary N) is 2. The highest BCUT2D eigenvalue weighted by atomic mass is 16.5. The van der Waals surface area contributed by atoms with E-state index in [1.807, 2.05) is 0 Å². The van der Waals surface area contributed by atoms with Gasteiger partial charge in [-0.25, -0.2) is 0 Å². The summed E-state index contributed by atoms with van der Waals surface area (Å²) < 4.78 is 15.8. The van der Waals surface area contributed by atoms with Gasteiger partial charge in [-0.15, -0.1) is 0 Å². The number of methoxy groups -OCH3 is 3. The third-order valence-corrected chi connectivity index (χ3v) is 4.24. The average Bonchev–Trinajstić information content (AvgIpc) is 3.51. The quantitative estimate of drug-likeness (QED) is 0.783. The standard InChI is InChI=1S/C20H22N2O5/c1-25-16-10-15(11-17(26-2)18(16)27-3)22-20(24)13-6-4-12(5-7-13)19(23)21-14-8-9-14/h4-7,10-11,14H,8-9H2,1-3H3,(H,21,23)(H,22,24). The van der Waals surface area contributed by atoms with Crippen molar-refractivity contribution < 1.29 is 23.8 Å². The van der Waals surface area contributed by atoms with E-state index in [1.54, 1.807) is 36.4 Å². The fourth-order valence-corrected chi connectivity index (χ4v) is 2.63. The van der Waals surface area contributed by atoms with Gasteiger partial charge in [0, 0.05) is 35.0 Å². The van der Waals surface area contributed by atoms with E-state index in [0.29, 0.717) is 40.1 Å². The van der Waals surface area contributed by atoms with Crippen molar-refractivity contribution in [3.63, 3.8) is 0 Å². The largest absolute Gasteiger partial charge is 0.493 e. The zero-order valence-corrected chi connectivity index (χ0v) is 15.5. The van der Waals surface area contributed by atoms with Crippen molar-refractivity contribution in [3.05, 3.63) is 47.5 Å². The number of carbonyl (C=O) groups is 2. The molecule has 0 spiro atoms. The van der Waals surface area contributed by atoms with E-state index in [0.717, 1.165) is 12.8 Å². The van der Waals surface area contributed by atoms with Gasteiger partial charge in [-0.1, -0.05) is 0 Å². The van der Waals surface area contributed by atoms with Crippen LogP contribution >= 0.6 is 0 Å². The summed E-state index contributed by atoms with van der Waals surface area (Å²) in [4.78, 5) is 24.5. The minimum atomic E-state index is -0.307. The van der Waals surface area contributed by atoms with Crippen LogP contribution in [0.4, 0.5) is 5.69 Å². The topological polar surface area (TPSA) is 85.9 Å². The molecule has 0 unspecified atom stereocenters. The molecule has 7 heteroatoms. The van der Waals surface area contributed by atoms with Crippen LogP contribution in [0.5, 0.6) is 17.2 Å². The molecule has 1 aliphatic rings. The lowest BCUT2D eigenvalue weighted by Gasteiger charge is -2.14. The lowest BCUT2D eigenvalue weighted by molar-refractivity contribution is 0.0949. The second-order valence-corrected chi connectivity index (χ2v) is 6.19. The van der Waals surface area contributed by atoms with E-state index >= 15 is 0 Å².